The molecule has 4 nitrogen and oxygen atoms in total. The first-order valence-corrected chi connectivity index (χ1v) is 4.94. The smallest absolute Gasteiger partial charge is 0.0599 e. The fourth-order valence-corrected chi connectivity index (χ4v) is 1.61. The number of hydrogen-bond acceptors (Lipinski definition) is 4. The average molecular weight is 187 g/mol. The van der Waals surface area contributed by atoms with Gasteiger partial charge in [0.1, 0.15) is 0 Å². The van der Waals surface area contributed by atoms with Crippen molar-refractivity contribution in [2.24, 2.45) is 0 Å². The lowest BCUT2D eigenvalue weighted by Crippen LogP contribution is -2.54. The van der Waals surface area contributed by atoms with E-state index in [0.29, 0.717) is 6.04 Å². The van der Waals surface area contributed by atoms with Crippen LogP contribution in [0.4, 0.5) is 0 Å². The van der Waals surface area contributed by atoms with E-state index in [1.54, 1.807) is 0 Å². The van der Waals surface area contributed by atoms with E-state index in [4.69, 9.17) is 5.11 Å². The monoisotopic (exact) mass is 187 g/mol. The number of likely N-dealkylation sites (N-methyl/N-ethyl adjacent to an activating group) is 1. The van der Waals surface area contributed by atoms with Crippen LogP contribution in [-0.2, 0) is 0 Å². The summed E-state index contributed by atoms with van der Waals surface area (Å²) in [6.07, 6.45) is 0. The summed E-state index contributed by atoms with van der Waals surface area (Å²) in [6, 6.07) is 0.314. The molecule has 2 N–H and O–H groups in total. The number of rotatable bonds is 4. The van der Waals surface area contributed by atoms with Gasteiger partial charge in [-0.05, 0) is 14.1 Å². The third-order valence-corrected chi connectivity index (χ3v) is 2.52. The summed E-state index contributed by atoms with van der Waals surface area (Å²) in [5.41, 5.74) is 0. The van der Waals surface area contributed by atoms with Crippen LogP contribution >= 0.6 is 0 Å². The van der Waals surface area contributed by atoms with Gasteiger partial charge in [0.25, 0.3) is 0 Å². The van der Waals surface area contributed by atoms with Gasteiger partial charge in [-0.1, -0.05) is 0 Å². The third-order valence-electron chi connectivity index (χ3n) is 2.52. The van der Waals surface area contributed by atoms with Crippen molar-refractivity contribution < 1.29 is 5.11 Å². The van der Waals surface area contributed by atoms with Crippen LogP contribution < -0.4 is 5.32 Å². The molecule has 4 heteroatoms. The van der Waals surface area contributed by atoms with E-state index in [1.165, 1.54) is 0 Å². The molecule has 0 saturated carbocycles. The highest BCUT2D eigenvalue weighted by molar-refractivity contribution is 4.79. The summed E-state index contributed by atoms with van der Waals surface area (Å²) < 4.78 is 0. The highest BCUT2D eigenvalue weighted by Gasteiger charge is 2.20. The van der Waals surface area contributed by atoms with Crippen molar-refractivity contribution in [2.45, 2.75) is 6.04 Å². The van der Waals surface area contributed by atoms with Gasteiger partial charge >= 0.3 is 0 Å². The van der Waals surface area contributed by atoms with Crippen LogP contribution in [0.1, 0.15) is 0 Å². The molecule has 1 rings (SSSR count). The predicted octanol–water partition coefficient (Wildman–Crippen LogP) is -1.19. The maximum Gasteiger partial charge on any atom is 0.0599 e. The average Bonchev–Trinajstić information content (AvgIpc) is 2.15. The van der Waals surface area contributed by atoms with Crippen molar-refractivity contribution in [2.75, 3.05) is 53.4 Å². The normalized spacial score (nSPS) is 25.4. The maximum absolute atomic E-state index is 9.13. The summed E-state index contributed by atoms with van der Waals surface area (Å²) in [5, 5.41) is 12.4. The highest BCUT2D eigenvalue weighted by Crippen LogP contribution is 2.01. The fraction of sp³-hybridized carbons (Fsp3) is 1.00. The Morgan fingerprint density at radius 3 is 2.92 bits per heavy atom. The molecule has 78 valence electrons. The van der Waals surface area contributed by atoms with Crippen molar-refractivity contribution in [3.8, 4) is 0 Å². The molecule has 1 unspecified atom stereocenters. The summed E-state index contributed by atoms with van der Waals surface area (Å²) >= 11 is 0. The summed E-state index contributed by atoms with van der Waals surface area (Å²) in [7, 11) is 4.16. The van der Waals surface area contributed by atoms with Crippen molar-refractivity contribution >= 4 is 0 Å². The van der Waals surface area contributed by atoms with E-state index in [9.17, 15) is 0 Å². The minimum atomic E-state index is 0.264. The first-order chi connectivity index (χ1) is 6.24. The topological polar surface area (TPSA) is 38.7 Å². The van der Waals surface area contributed by atoms with E-state index < -0.39 is 0 Å². The van der Waals surface area contributed by atoms with Crippen LogP contribution in [0.3, 0.4) is 0 Å². The zero-order chi connectivity index (χ0) is 9.68. The van der Waals surface area contributed by atoms with Crippen molar-refractivity contribution in [1.82, 2.24) is 15.1 Å². The number of piperazine rings is 1. The lowest BCUT2D eigenvalue weighted by Gasteiger charge is -2.35. The van der Waals surface area contributed by atoms with Gasteiger partial charge in [0.2, 0.25) is 0 Å². The molecule has 0 aromatic carbocycles. The van der Waals surface area contributed by atoms with Gasteiger partial charge < -0.3 is 15.3 Å². The zero-order valence-electron chi connectivity index (χ0n) is 8.66. The maximum atomic E-state index is 9.13. The second kappa shape index (κ2) is 5.54. The molecule has 0 spiro atoms. The standard InChI is InChI=1S/C9H21N3O/c1-11(2)5-6-12-4-3-10-7-9(12)8-13/h9-10,13H,3-8H2,1-2H3. The number of hydrogen-bond donors (Lipinski definition) is 2. The quantitative estimate of drug-likeness (QED) is 0.581. The molecule has 1 fully saturated rings. The molecule has 1 atom stereocenters. The van der Waals surface area contributed by atoms with Crippen LogP contribution in [0.25, 0.3) is 0 Å². The van der Waals surface area contributed by atoms with Gasteiger partial charge in [-0.15, -0.1) is 0 Å². The van der Waals surface area contributed by atoms with E-state index in [2.05, 4.69) is 29.2 Å². The molecule has 0 bridgehead atoms. The van der Waals surface area contributed by atoms with E-state index in [0.717, 1.165) is 32.7 Å². The van der Waals surface area contributed by atoms with Crippen LogP contribution in [-0.4, -0.2) is 74.4 Å². The van der Waals surface area contributed by atoms with Gasteiger partial charge in [-0.25, -0.2) is 0 Å². The van der Waals surface area contributed by atoms with Crippen LogP contribution in [0, 0.1) is 0 Å². The number of nitrogens with one attached hydrogen (secondary N) is 1. The minimum Gasteiger partial charge on any atom is -0.395 e. The Morgan fingerprint density at radius 1 is 1.54 bits per heavy atom. The lowest BCUT2D eigenvalue weighted by molar-refractivity contribution is 0.0943. The van der Waals surface area contributed by atoms with E-state index in [-0.39, 0.29) is 6.61 Å². The largest absolute Gasteiger partial charge is 0.395 e. The van der Waals surface area contributed by atoms with Gasteiger partial charge in [-0.2, -0.15) is 0 Å². The second-order valence-corrected chi connectivity index (χ2v) is 3.88. The summed E-state index contributed by atoms with van der Waals surface area (Å²) in [5.74, 6) is 0. The summed E-state index contributed by atoms with van der Waals surface area (Å²) in [6.45, 7) is 5.41. The summed E-state index contributed by atoms with van der Waals surface area (Å²) in [4.78, 5) is 4.53. The fourth-order valence-electron chi connectivity index (χ4n) is 1.61. The third kappa shape index (κ3) is 3.60. The second-order valence-electron chi connectivity index (χ2n) is 3.88. The Labute approximate surface area is 80.5 Å². The molecular formula is C9H21N3O. The van der Waals surface area contributed by atoms with Crippen molar-refractivity contribution in [1.29, 1.82) is 0 Å². The zero-order valence-corrected chi connectivity index (χ0v) is 8.66. The molecule has 0 radical (unpaired) electrons. The van der Waals surface area contributed by atoms with Gasteiger partial charge in [0.05, 0.1) is 6.61 Å². The first kappa shape index (κ1) is 10.9. The number of aliphatic hydroxyl groups excluding tert-OH is 1. The molecule has 0 aromatic rings. The highest BCUT2D eigenvalue weighted by atomic mass is 16.3. The molecule has 0 amide bonds. The van der Waals surface area contributed by atoms with Gasteiger partial charge in [0.15, 0.2) is 0 Å². The Morgan fingerprint density at radius 2 is 2.31 bits per heavy atom. The van der Waals surface area contributed by atoms with Crippen LogP contribution in [0.15, 0.2) is 0 Å². The Balaban J connectivity index is 2.27. The molecule has 1 saturated heterocycles. The molecular weight excluding hydrogens is 166 g/mol. The van der Waals surface area contributed by atoms with Crippen LogP contribution in [0.5, 0.6) is 0 Å². The van der Waals surface area contributed by atoms with E-state index >= 15 is 0 Å². The minimum absolute atomic E-state index is 0.264. The predicted molar refractivity (Wildman–Crippen MR) is 53.9 cm³/mol. The Kier molecular flexibility index (Phi) is 4.66. The Hall–Kier alpha value is -0.160. The van der Waals surface area contributed by atoms with Gasteiger partial charge in [0, 0.05) is 38.8 Å². The number of aliphatic hydroxyl groups is 1. The SMILES string of the molecule is CN(C)CCN1CCNCC1CO. The lowest BCUT2D eigenvalue weighted by atomic mass is 10.2. The molecule has 0 aromatic heterocycles. The molecule has 1 heterocycles. The molecule has 1 aliphatic heterocycles. The molecule has 0 aliphatic carbocycles. The number of nitrogens with zero attached hydrogens (tertiary/aromatic N) is 2. The van der Waals surface area contributed by atoms with Gasteiger partial charge in [-0.3, -0.25) is 4.90 Å². The molecule has 13 heavy (non-hydrogen) atoms. The first-order valence-electron chi connectivity index (χ1n) is 4.94. The van der Waals surface area contributed by atoms with Crippen molar-refractivity contribution in [3.63, 3.8) is 0 Å². The van der Waals surface area contributed by atoms with Crippen molar-refractivity contribution in [3.05, 3.63) is 0 Å². The van der Waals surface area contributed by atoms with E-state index in [1.807, 2.05) is 0 Å². The Bertz CT molecular complexity index is 141. The molecule has 1 aliphatic rings. The van der Waals surface area contributed by atoms with Crippen LogP contribution in [0.2, 0.25) is 0 Å².